The summed E-state index contributed by atoms with van der Waals surface area (Å²) in [5.74, 6) is 0. The van der Waals surface area contributed by atoms with Crippen LogP contribution >= 0.6 is 0 Å². The van der Waals surface area contributed by atoms with Gasteiger partial charge in [0.15, 0.2) is 0 Å². The molecule has 0 radical (unpaired) electrons. The number of imidazole rings is 1. The average Bonchev–Trinajstić information content (AvgIpc) is 2.99. The van der Waals surface area contributed by atoms with Gasteiger partial charge in [0.05, 0.1) is 6.54 Å². The number of hydrogen-bond donors (Lipinski definition) is 0. The lowest BCUT2D eigenvalue weighted by atomic mass is 10.2. The summed E-state index contributed by atoms with van der Waals surface area (Å²) in [6.07, 6.45) is 8.38. The molecule has 1 aliphatic heterocycles. The highest BCUT2D eigenvalue weighted by Gasteiger charge is 2.43. The van der Waals surface area contributed by atoms with Gasteiger partial charge in [-0.25, -0.2) is 19.3 Å². The van der Waals surface area contributed by atoms with E-state index in [1.165, 1.54) is 4.57 Å². The van der Waals surface area contributed by atoms with Crippen molar-refractivity contribution in [3.63, 3.8) is 0 Å². The molecule has 96 valence electrons. The summed E-state index contributed by atoms with van der Waals surface area (Å²) in [5.41, 5.74) is 2.04. The highest BCUT2D eigenvalue weighted by molar-refractivity contribution is 5.80. The number of quaternary nitrogens is 1. The third-order valence-corrected chi connectivity index (χ3v) is 3.40. The number of nitrogens with zero attached hydrogens (tertiary/aromatic N) is 4. The minimum atomic E-state index is -0.0148. The van der Waals surface area contributed by atoms with Gasteiger partial charge in [0.25, 0.3) is 0 Å². The molecule has 0 saturated carbocycles. The normalized spacial score (nSPS) is 22.8. The summed E-state index contributed by atoms with van der Waals surface area (Å²) in [6, 6.07) is -0.0148. The molecular formula is C13H19N4O+. The van der Waals surface area contributed by atoms with Crippen LogP contribution in [0, 0.1) is 0 Å². The second-order valence-electron chi connectivity index (χ2n) is 4.48. The third kappa shape index (κ3) is 1.80. The monoisotopic (exact) mass is 247 g/mol. The first-order valence-electron chi connectivity index (χ1n) is 6.32. The fourth-order valence-corrected chi connectivity index (χ4v) is 2.37. The number of allylic oxidation sites excluding steroid dienone is 2. The molecule has 2 heterocycles. The molecular weight excluding hydrogens is 228 g/mol. The fourth-order valence-electron chi connectivity index (χ4n) is 2.37. The number of hydrogen-bond acceptors (Lipinski definition) is 3. The molecule has 1 aromatic rings. The lowest BCUT2D eigenvalue weighted by Crippen LogP contribution is -2.51. The summed E-state index contributed by atoms with van der Waals surface area (Å²) in [7, 11) is 0. The molecule has 0 fully saturated rings. The Balaban J connectivity index is 2.44. The van der Waals surface area contributed by atoms with E-state index >= 15 is 0 Å². The highest BCUT2D eigenvalue weighted by Crippen LogP contribution is 2.29. The van der Waals surface area contributed by atoms with Crippen LogP contribution in [-0.4, -0.2) is 32.9 Å². The number of rotatable bonds is 3. The van der Waals surface area contributed by atoms with Crippen LogP contribution in [0.5, 0.6) is 0 Å². The molecule has 1 unspecified atom stereocenters. The first-order valence-corrected chi connectivity index (χ1v) is 6.32. The summed E-state index contributed by atoms with van der Waals surface area (Å²) in [4.78, 5) is 21.0. The summed E-state index contributed by atoms with van der Waals surface area (Å²) >= 11 is 0. The molecule has 18 heavy (non-hydrogen) atoms. The molecule has 0 N–H and O–H groups in total. The fraction of sp³-hybridized carbons (Fsp3) is 0.462. The van der Waals surface area contributed by atoms with Gasteiger partial charge in [0.1, 0.15) is 17.7 Å². The van der Waals surface area contributed by atoms with E-state index in [0.29, 0.717) is 0 Å². The van der Waals surface area contributed by atoms with Gasteiger partial charge in [-0.15, -0.1) is 0 Å². The Morgan fingerprint density at radius 1 is 1.44 bits per heavy atom. The van der Waals surface area contributed by atoms with Crippen LogP contribution in [0.2, 0.25) is 0 Å². The van der Waals surface area contributed by atoms with E-state index in [0.717, 1.165) is 30.8 Å². The molecule has 0 spiro atoms. The highest BCUT2D eigenvalue weighted by atomic mass is 16.2. The van der Waals surface area contributed by atoms with Crippen molar-refractivity contribution < 1.29 is 9.28 Å². The lowest BCUT2D eigenvalue weighted by Gasteiger charge is -2.27. The van der Waals surface area contributed by atoms with Crippen molar-refractivity contribution in [1.29, 1.82) is 0 Å². The van der Waals surface area contributed by atoms with Crippen LogP contribution in [0.15, 0.2) is 35.1 Å². The molecule has 1 aromatic heterocycles. The van der Waals surface area contributed by atoms with Crippen molar-refractivity contribution >= 4 is 12.4 Å². The molecule has 1 amide bonds. The van der Waals surface area contributed by atoms with Gasteiger partial charge in [0.2, 0.25) is 6.34 Å². The summed E-state index contributed by atoms with van der Waals surface area (Å²) < 4.78 is 1.72. The maximum Gasteiger partial charge on any atom is 0.439 e. The first kappa shape index (κ1) is 12.7. The zero-order valence-corrected chi connectivity index (χ0v) is 11.1. The molecule has 5 nitrogen and oxygen atoms in total. The topological polar surface area (TPSA) is 47.2 Å². The molecule has 0 aromatic carbocycles. The van der Waals surface area contributed by atoms with Crippen LogP contribution in [0.3, 0.4) is 0 Å². The minimum absolute atomic E-state index is 0.0148. The smallest absolute Gasteiger partial charge is 0.245 e. The lowest BCUT2D eigenvalue weighted by molar-refractivity contribution is -0.707. The molecule has 0 bridgehead atoms. The predicted octanol–water partition coefficient (Wildman–Crippen LogP) is 2.76. The maximum atomic E-state index is 12.7. The quantitative estimate of drug-likeness (QED) is 0.771. The van der Waals surface area contributed by atoms with Gasteiger partial charge in [-0.05, 0) is 12.8 Å². The Bertz CT molecular complexity index is 501. The van der Waals surface area contributed by atoms with Gasteiger partial charge in [-0.1, -0.05) is 13.8 Å². The van der Waals surface area contributed by atoms with E-state index in [4.69, 9.17) is 0 Å². The van der Waals surface area contributed by atoms with Crippen LogP contribution < -0.4 is 0 Å². The number of carbonyl (C=O) groups excluding carboxylic acids is 1. The number of aliphatic imine (C=N–C) groups is 1. The third-order valence-electron chi connectivity index (χ3n) is 3.40. The van der Waals surface area contributed by atoms with Crippen molar-refractivity contribution in [2.75, 3.05) is 6.54 Å². The SMILES string of the molecule is CCC[N+]1(C(=O)n2ccnc2)C=NC(CC)=C1C. The van der Waals surface area contributed by atoms with Crippen LogP contribution in [0.25, 0.3) is 0 Å². The number of carbonyl (C=O) groups is 1. The largest absolute Gasteiger partial charge is 0.439 e. The Hall–Kier alpha value is -1.75. The Kier molecular flexibility index (Phi) is 3.43. The standard InChI is InChI=1S/C13H19N4O/c1-4-8-17(10-15-12(5-2)11(17)3)13(18)16-7-6-14-9-16/h6-7,9-10H,4-5,8H2,1-3H3/q+1. The first-order chi connectivity index (χ1) is 8.65. The summed E-state index contributed by atoms with van der Waals surface area (Å²) in [5, 5.41) is 0. The predicted molar refractivity (Wildman–Crippen MR) is 69.9 cm³/mol. The van der Waals surface area contributed by atoms with Gasteiger partial charge in [-0.2, -0.15) is 4.48 Å². The van der Waals surface area contributed by atoms with E-state index in [1.807, 2.05) is 6.92 Å². The Morgan fingerprint density at radius 3 is 2.72 bits per heavy atom. The maximum absolute atomic E-state index is 12.7. The van der Waals surface area contributed by atoms with Crippen molar-refractivity contribution in [3.8, 4) is 0 Å². The van der Waals surface area contributed by atoms with Gasteiger partial charge in [-0.3, -0.25) is 0 Å². The number of amides is 1. The second kappa shape index (κ2) is 4.86. The molecule has 0 aliphatic carbocycles. The van der Waals surface area contributed by atoms with Gasteiger partial charge >= 0.3 is 6.03 Å². The van der Waals surface area contributed by atoms with E-state index in [9.17, 15) is 4.79 Å². The van der Waals surface area contributed by atoms with E-state index in [2.05, 4.69) is 23.8 Å². The molecule has 1 atom stereocenters. The minimum Gasteiger partial charge on any atom is -0.245 e. The van der Waals surface area contributed by atoms with Crippen LogP contribution in [0.4, 0.5) is 4.79 Å². The zero-order valence-electron chi connectivity index (χ0n) is 11.1. The Labute approximate surface area is 107 Å². The Morgan fingerprint density at radius 2 is 2.22 bits per heavy atom. The zero-order chi connectivity index (χ0) is 13.2. The van der Waals surface area contributed by atoms with Crippen molar-refractivity contribution in [3.05, 3.63) is 30.1 Å². The van der Waals surface area contributed by atoms with Gasteiger partial charge < -0.3 is 0 Å². The average molecular weight is 247 g/mol. The second-order valence-corrected chi connectivity index (χ2v) is 4.48. The van der Waals surface area contributed by atoms with Crippen LogP contribution in [-0.2, 0) is 0 Å². The van der Waals surface area contributed by atoms with Crippen molar-refractivity contribution in [1.82, 2.24) is 9.55 Å². The van der Waals surface area contributed by atoms with Crippen LogP contribution in [0.1, 0.15) is 33.6 Å². The van der Waals surface area contributed by atoms with Crippen molar-refractivity contribution in [2.45, 2.75) is 33.6 Å². The van der Waals surface area contributed by atoms with Crippen molar-refractivity contribution in [2.24, 2.45) is 4.99 Å². The van der Waals surface area contributed by atoms with E-state index in [1.54, 1.807) is 25.1 Å². The van der Waals surface area contributed by atoms with E-state index < -0.39 is 0 Å². The summed E-state index contributed by atoms with van der Waals surface area (Å²) in [6.45, 7) is 6.86. The molecule has 5 heteroatoms. The number of aromatic nitrogens is 2. The molecule has 1 aliphatic rings. The van der Waals surface area contributed by atoms with Gasteiger partial charge in [0, 0.05) is 19.3 Å². The molecule has 2 rings (SSSR count). The van der Waals surface area contributed by atoms with E-state index in [-0.39, 0.29) is 10.5 Å². The molecule has 0 saturated heterocycles.